The zero-order valence-corrected chi connectivity index (χ0v) is 27.3. The molecule has 2 aliphatic heterocycles. The summed E-state index contributed by atoms with van der Waals surface area (Å²) in [4.78, 5) is 27.1. The summed E-state index contributed by atoms with van der Waals surface area (Å²) < 4.78 is 31.7. The number of carbonyl (C=O) groups excluding carboxylic acids is 1. The standard InChI is InChI=1S/C32H45N7O4S/c1-32(2,3)43-31(40)35(4)24-20-25(21-24)39-13-10-27-28(37-14-11-33-12-15-37)22-29(34-30(27)39)38-18-16-36(17-19-38)23-6-8-26(9-7-23)44(5,41)42/h6-10,13,22,24-25,33H,11-12,14-21H2,1-5H3/t24-,25-. The van der Waals surface area contributed by atoms with Gasteiger partial charge in [0.25, 0.3) is 0 Å². The van der Waals surface area contributed by atoms with Crippen molar-refractivity contribution in [2.45, 2.75) is 56.2 Å². The Balaban J connectivity index is 1.21. The van der Waals surface area contributed by atoms with Crippen molar-refractivity contribution in [1.29, 1.82) is 0 Å². The first-order valence-corrected chi connectivity index (χ1v) is 17.5. The molecule has 1 aromatic carbocycles. The number of hydrogen-bond donors (Lipinski definition) is 1. The SMILES string of the molecule is CN(C(=O)OC(C)(C)C)[C@H]1C[C@H](n2ccc3c(N4CCNCC4)cc(N4CCN(c5ccc(S(C)(=O)=O)cc5)CC4)nc32)C1. The summed E-state index contributed by atoms with van der Waals surface area (Å²) >= 11 is 0. The van der Waals surface area contributed by atoms with Gasteiger partial charge in [-0.3, -0.25) is 0 Å². The number of sulfone groups is 1. The molecule has 1 amide bonds. The van der Waals surface area contributed by atoms with Gasteiger partial charge in [0, 0.05) is 101 Å². The molecule has 0 unspecified atom stereocenters. The molecule has 238 valence electrons. The maximum atomic E-state index is 12.6. The van der Waals surface area contributed by atoms with Gasteiger partial charge >= 0.3 is 6.09 Å². The topological polar surface area (TPSA) is 103 Å². The predicted molar refractivity (Wildman–Crippen MR) is 175 cm³/mol. The quantitative estimate of drug-likeness (QED) is 0.440. The van der Waals surface area contributed by atoms with Gasteiger partial charge in [0.2, 0.25) is 0 Å². The fourth-order valence-corrected chi connectivity index (χ4v) is 7.04. The number of nitrogens with zero attached hydrogens (tertiary/aromatic N) is 6. The summed E-state index contributed by atoms with van der Waals surface area (Å²) in [5.74, 6) is 0.986. The number of amides is 1. The predicted octanol–water partition coefficient (Wildman–Crippen LogP) is 3.75. The molecule has 4 heterocycles. The van der Waals surface area contributed by atoms with Crippen LogP contribution >= 0.6 is 0 Å². The second-order valence-electron chi connectivity index (χ2n) is 13.3. The first-order chi connectivity index (χ1) is 20.9. The van der Waals surface area contributed by atoms with E-state index in [-0.39, 0.29) is 18.2 Å². The maximum absolute atomic E-state index is 12.6. The average molecular weight is 624 g/mol. The monoisotopic (exact) mass is 623 g/mol. The Morgan fingerprint density at radius 1 is 0.955 bits per heavy atom. The van der Waals surface area contributed by atoms with E-state index in [0.29, 0.717) is 4.90 Å². The fourth-order valence-electron chi connectivity index (χ4n) is 6.41. The molecule has 3 aromatic rings. The molecule has 2 saturated heterocycles. The van der Waals surface area contributed by atoms with E-state index >= 15 is 0 Å². The van der Waals surface area contributed by atoms with Crippen molar-refractivity contribution in [2.75, 3.05) is 80.4 Å². The molecule has 1 aliphatic carbocycles. The molecule has 44 heavy (non-hydrogen) atoms. The van der Waals surface area contributed by atoms with Gasteiger partial charge in [-0.1, -0.05) is 0 Å². The zero-order chi connectivity index (χ0) is 31.2. The summed E-state index contributed by atoms with van der Waals surface area (Å²) in [5, 5.41) is 4.64. The average Bonchev–Trinajstić information content (AvgIpc) is 3.39. The maximum Gasteiger partial charge on any atom is 0.410 e. The van der Waals surface area contributed by atoms with Crippen molar-refractivity contribution in [1.82, 2.24) is 19.8 Å². The summed E-state index contributed by atoms with van der Waals surface area (Å²) in [6.45, 7) is 12.8. The minimum absolute atomic E-state index is 0.141. The molecule has 0 bridgehead atoms. The number of nitrogens with one attached hydrogen (secondary N) is 1. The Hall–Kier alpha value is -3.51. The van der Waals surface area contributed by atoms with Crippen LogP contribution in [0, 0.1) is 0 Å². The first kappa shape index (κ1) is 30.5. The highest BCUT2D eigenvalue weighted by Gasteiger charge is 2.38. The molecule has 1 N–H and O–H groups in total. The van der Waals surface area contributed by atoms with Gasteiger partial charge in [0.05, 0.1) is 10.6 Å². The van der Waals surface area contributed by atoms with Crippen LogP contribution in [0.5, 0.6) is 0 Å². The molecular weight excluding hydrogens is 578 g/mol. The second-order valence-corrected chi connectivity index (χ2v) is 15.3. The molecule has 3 fully saturated rings. The van der Waals surface area contributed by atoms with Crippen molar-refractivity contribution >= 4 is 44.2 Å². The van der Waals surface area contributed by atoms with Crippen molar-refractivity contribution in [3.63, 3.8) is 0 Å². The summed E-state index contributed by atoms with van der Waals surface area (Å²) in [5.41, 5.74) is 2.75. The molecule has 2 aromatic heterocycles. The Labute approximate surface area is 260 Å². The number of fused-ring (bicyclic) bond motifs is 1. The molecule has 0 radical (unpaired) electrons. The van der Waals surface area contributed by atoms with Gasteiger partial charge in [0.15, 0.2) is 9.84 Å². The third-order valence-electron chi connectivity index (χ3n) is 9.05. The third-order valence-corrected chi connectivity index (χ3v) is 10.2. The molecule has 11 nitrogen and oxygen atoms in total. The van der Waals surface area contributed by atoms with E-state index in [9.17, 15) is 13.2 Å². The van der Waals surface area contributed by atoms with Gasteiger partial charge in [0.1, 0.15) is 17.1 Å². The second kappa shape index (κ2) is 11.8. The van der Waals surface area contributed by atoms with E-state index in [1.54, 1.807) is 17.0 Å². The van der Waals surface area contributed by atoms with Crippen LogP contribution in [-0.4, -0.2) is 106 Å². The van der Waals surface area contributed by atoms with Crippen LogP contribution < -0.4 is 20.0 Å². The van der Waals surface area contributed by atoms with Crippen LogP contribution in [0.1, 0.15) is 39.7 Å². The Bertz CT molecular complexity index is 1600. The smallest absolute Gasteiger partial charge is 0.410 e. The number of piperazine rings is 2. The van der Waals surface area contributed by atoms with Crippen molar-refractivity contribution in [3.8, 4) is 0 Å². The lowest BCUT2D eigenvalue weighted by Gasteiger charge is -2.42. The van der Waals surface area contributed by atoms with Crippen LogP contribution in [0.25, 0.3) is 11.0 Å². The van der Waals surface area contributed by atoms with Crippen LogP contribution in [0.3, 0.4) is 0 Å². The van der Waals surface area contributed by atoms with E-state index < -0.39 is 15.4 Å². The van der Waals surface area contributed by atoms with Gasteiger partial charge in [-0.2, -0.15) is 0 Å². The Kier molecular flexibility index (Phi) is 8.17. The number of aromatic nitrogens is 2. The molecule has 0 spiro atoms. The Morgan fingerprint density at radius 2 is 1.59 bits per heavy atom. The third kappa shape index (κ3) is 6.32. The lowest BCUT2D eigenvalue weighted by Crippen LogP contribution is -2.48. The van der Waals surface area contributed by atoms with E-state index in [1.807, 2.05) is 40.0 Å². The number of rotatable bonds is 6. The molecule has 0 atom stereocenters. The van der Waals surface area contributed by atoms with Gasteiger partial charge < -0.3 is 34.2 Å². The minimum Gasteiger partial charge on any atom is -0.444 e. The minimum atomic E-state index is -3.22. The van der Waals surface area contributed by atoms with Crippen molar-refractivity contribution < 1.29 is 17.9 Å². The highest BCUT2D eigenvalue weighted by atomic mass is 32.2. The molecule has 1 saturated carbocycles. The summed E-state index contributed by atoms with van der Waals surface area (Å²) in [6, 6.07) is 12.1. The normalized spacial score (nSPS) is 21.3. The van der Waals surface area contributed by atoms with E-state index in [1.165, 1.54) is 17.3 Å². The number of ether oxygens (including phenoxy) is 1. The van der Waals surface area contributed by atoms with E-state index in [4.69, 9.17) is 9.72 Å². The summed E-state index contributed by atoms with van der Waals surface area (Å²) in [7, 11) is -1.38. The molecular formula is C32H45N7O4S. The molecule has 6 rings (SSSR count). The van der Waals surface area contributed by atoms with Crippen molar-refractivity contribution in [3.05, 3.63) is 42.6 Å². The number of pyridine rings is 1. The summed E-state index contributed by atoms with van der Waals surface area (Å²) in [6.07, 6.45) is 4.86. The van der Waals surface area contributed by atoms with Gasteiger partial charge in [-0.05, 0) is 63.9 Å². The first-order valence-electron chi connectivity index (χ1n) is 15.6. The van der Waals surface area contributed by atoms with E-state index in [0.717, 1.165) is 82.4 Å². The largest absolute Gasteiger partial charge is 0.444 e. The molecule has 12 heteroatoms. The fraction of sp³-hybridized carbons (Fsp3) is 0.562. The van der Waals surface area contributed by atoms with Crippen LogP contribution in [0.2, 0.25) is 0 Å². The highest BCUT2D eigenvalue weighted by molar-refractivity contribution is 7.90. The number of anilines is 3. The highest BCUT2D eigenvalue weighted by Crippen LogP contribution is 2.40. The van der Waals surface area contributed by atoms with Crippen LogP contribution in [0.4, 0.5) is 22.0 Å². The van der Waals surface area contributed by atoms with Crippen LogP contribution in [-0.2, 0) is 14.6 Å². The molecule has 3 aliphatic rings. The lowest BCUT2D eigenvalue weighted by atomic mass is 9.85. The number of carbonyl (C=O) groups is 1. The van der Waals surface area contributed by atoms with Gasteiger partial charge in [-0.25, -0.2) is 18.2 Å². The number of hydrogen-bond acceptors (Lipinski definition) is 9. The number of benzene rings is 1. The van der Waals surface area contributed by atoms with Crippen LogP contribution in [0.15, 0.2) is 47.5 Å². The van der Waals surface area contributed by atoms with Gasteiger partial charge in [-0.15, -0.1) is 0 Å². The van der Waals surface area contributed by atoms with E-state index in [2.05, 4.69) is 42.9 Å². The lowest BCUT2D eigenvalue weighted by molar-refractivity contribution is 0.00809. The zero-order valence-electron chi connectivity index (χ0n) is 26.5. The van der Waals surface area contributed by atoms with Crippen molar-refractivity contribution in [2.24, 2.45) is 0 Å². The Morgan fingerprint density at radius 3 is 2.20 bits per heavy atom.